The highest BCUT2D eigenvalue weighted by Gasteiger charge is 2.19. The SMILES string of the molecule is NCCN(Cc1ccccc1)c1ccc(Cl)cc1[N+](=O)[O-]. The lowest BCUT2D eigenvalue weighted by atomic mass is 10.2. The van der Waals surface area contributed by atoms with Gasteiger partial charge in [0.1, 0.15) is 5.69 Å². The summed E-state index contributed by atoms with van der Waals surface area (Å²) in [4.78, 5) is 12.7. The Morgan fingerprint density at radius 1 is 1.19 bits per heavy atom. The number of rotatable bonds is 6. The van der Waals surface area contributed by atoms with Gasteiger partial charge in [0.25, 0.3) is 5.69 Å². The second-order valence-corrected chi connectivity index (χ2v) is 5.02. The van der Waals surface area contributed by atoms with E-state index in [0.717, 1.165) is 5.56 Å². The first-order valence-electron chi connectivity index (χ1n) is 6.54. The molecular formula is C15H16ClN3O2. The summed E-state index contributed by atoms with van der Waals surface area (Å²) in [6, 6.07) is 14.4. The van der Waals surface area contributed by atoms with Crippen molar-refractivity contribution < 1.29 is 4.92 Å². The molecule has 21 heavy (non-hydrogen) atoms. The minimum Gasteiger partial charge on any atom is -0.360 e. The Morgan fingerprint density at radius 2 is 1.90 bits per heavy atom. The number of nitrogens with zero attached hydrogens (tertiary/aromatic N) is 2. The van der Waals surface area contributed by atoms with E-state index < -0.39 is 4.92 Å². The van der Waals surface area contributed by atoms with Crippen LogP contribution in [0.1, 0.15) is 5.56 Å². The Kier molecular flexibility index (Phi) is 5.14. The average molecular weight is 306 g/mol. The summed E-state index contributed by atoms with van der Waals surface area (Å²) in [5.74, 6) is 0. The number of benzene rings is 2. The largest absolute Gasteiger partial charge is 0.360 e. The van der Waals surface area contributed by atoms with Crippen molar-refractivity contribution >= 4 is 23.0 Å². The van der Waals surface area contributed by atoms with E-state index in [1.54, 1.807) is 12.1 Å². The normalized spacial score (nSPS) is 10.4. The molecular weight excluding hydrogens is 290 g/mol. The number of anilines is 1. The van der Waals surface area contributed by atoms with Gasteiger partial charge in [0, 0.05) is 30.7 Å². The van der Waals surface area contributed by atoms with Crippen molar-refractivity contribution in [1.29, 1.82) is 0 Å². The number of halogens is 1. The van der Waals surface area contributed by atoms with Gasteiger partial charge in [-0.3, -0.25) is 10.1 Å². The van der Waals surface area contributed by atoms with E-state index in [0.29, 0.717) is 30.3 Å². The van der Waals surface area contributed by atoms with Crippen LogP contribution >= 0.6 is 11.6 Å². The second kappa shape index (κ2) is 7.06. The van der Waals surface area contributed by atoms with Crippen LogP contribution in [-0.4, -0.2) is 18.0 Å². The van der Waals surface area contributed by atoms with Crippen molar-refractivity contribution in [1.82, 2.24) is 0 Å². The van der Waals surface area contributed by atoms with Crippen molar-refractivity contribution in [2.24, 2.45) is 5.73 Å². The maximum Gasteiger partial charge on any atom is 0.294 e. The van der Waals surface area contributed by atoms with E-state index in [-0.39, 0.29) is 5.69 Å². The van der Waals surface area contributed by atoms with Crippen molar-refractivity contribution in [2.75, 3.05) is 18.0 Å². The molecule has 0 amide bonds. The van der Waals surface area contributed by atoms with Gasteiger partial charge in [-0.1, -0.05) is 41.9 Å². The lowest BCUT2D eigenvalue weighted by molar-refractivity contribution is -0.384. The number of hydrogen-bond donors (Lipinski definition) is 1. The van der Waals surface area contributed by atoms with Gasteiger partial charge < -0.3 is 10.6 Å². The third-order valence-corrected chi connectivity index (χ3v) is 3.33. The molecule has 0 spiro atoms. The van der Waals surface area contributed by atoms with Crippen LogP contribution < -0.4 is 10.6 Å². The van der Waals surface area contributed by atoms with Gasteiger partial charge in [-0.15, -0.1) is 0 Å². The molecule has 0 atom stereocenters. The smallest absolute Gasteiger partial charge is 0.294 e. The van der Waals surface area contributed by atoms with E-state index in [1.165, 1.54) is 6.07 Å². The number of hydrogen-bond acceptors (Lipinski definition) is 4. The summed E-state index contributed by atoms with van der Waals surface area (Å²) in [7, 11) is 0. The highest BCUT2D eigenvalue weighted by molar-refractivity contribution is 6.30. The van der Waals surface area contributed by atoms with Crippen LogP contribution in [0.3, 0.4) is 0 Å². The van der Waals surface area contributed by atoms with E-state index >= 15 is 0 Å². The molecule has 2 aromatic rings. The van der Waals surface area contributed by atoms with Crippen LogP contribution in [0.2, 0.25) is 5.02 Å². The average Bonchev–Trinajstić information content (AvgIpc) is 2.48. The van der Waals surface area contributed by atoms with Crippen LogP contribution in [0.25, 0.3) is 0 Å². The Bertz CT molecular complexity index is 620. The maximum atomic E-state index is 11.2. The molecule has 6 heteroatoms. The molecule has 0 aromatic heterocycles. The molecule has 5 nitrogen and oxygen atoms in total. The second-order valence-electron chi connectivity index (χ2n) is 4.59. The maximum absolute atomic E-state index is 11.2. The molecule has 2 N–H and O–H groups in total. The lowest BCUT2D eigenvalue weighted by Gasteiger charge is -2.24. The predicted molar refractivity (Wildman–Crippen MR) is 84.7 cm³/mol. The molecule has 0 fully saturated rings. The predicted octanol–water partition coefficient (Wildman–Crippen LogP) is 3.21. The fraction of sp³-hybridized carbons (Fsp3) is 0.200. The molecule has 0 bridgehead atoms. The first kappa shape index (κ1) is 15.3. The molecule has 2 rings (SSSR count). The summed E-state index contributed by atoms with van der Waals surface area (Å²) < 4.78 is 0. The Labute approximate surface area is 128 Å². The zero-order valence-corrected chi connectivity index (χ0v) is 12.2. The Balaban J connectivity index is 2.36. The number of nitro benzene ring substituents is 1. The number of nitrogens with two attached hydrogens (primary N) is 1. The van der Waals surface area contributed by atoms with Crippen molar-refractivity contribution in [3.63, 3.8) is 0 Å². The summed E-state index contributed by atoms with van der Waals surface area (Å²) in [5, 5.41) is 11.6. The summed E-state index contributed by atoms with van der Waals surface area (Å²) in [5.41, 5.74) is 7.22. The fourth-order valence-corrected chi connectivity index (χ4v) is 2.32. The molecule has 0 radical (unpaired) electrons. The van der Waals surface area contributed by atoms with Crippen LogP contribution in [0, 0.1) is 10.1 Å². The molecule has 0 saturated carbocycles. The highest BCUT2D eigenvalue weighted by Crippen LogP contribution is 2.31. The molecule has 0 saturated heterocycles. The van der Waals surface area contributed by atoms with Gasteiger partial charge >= 0.3 is 0 Å². The number of nitro groups is 1. The van der Waals surface area contributed by atoms with Gasteiger partial charge in [-0.2, -0.15) is 0 Å². The third kappa shape index (κ3) is 3.93. The van der Waals surface area contributed by atoms with Gasteiger partial charge in [0.15, 0.2) is 0 Å². The van der Waals surface area contributed by atoms with Crippen LogP contribution in [0.15, 0.2) is 48.5 Å². The summed E-state index contributed by atoms with van der Waals surface area (Å²) in [6.07, 6.45) is 0. The summed E-state index contributed by atoms with van der Waals surface area (Å²) >= 11 is 5.86. The highest BCUT2D eigenvalue weighted by atomic mass is 35.5. The fourth-order valence-electron chi connectivity index (χ4n) is 2.15. The van der Waals surface area contributed by atoms with E-state index in [4.69, 9.17) is 17.3 Å². The Hall–Kier alpha value is -2.11. The molecule has 2 aromatic carbocycles. The van der Waals surface area contributed by atoms with Crippen molar-refractivity contribution in [3.05, 3.63) is 69.2 Å². The Morgan fingerprint density at radius 3 is 2.52 bits per heavy atom. The standard InChI is InChI=1S/C15H16ClN3O2/c16-13-6-7-14(15(10-13)19(20)21)18(9-8-17)11-12-4-2-1-3-5-12/h1-7,10H,8-9,11,17H2. The zero-order valence-electron chi connectivity index (χ0n) is 11.4. The zero-order chi connectivity index (χ0) is 15.2. The van der Waals surface area contributed by atoms with Crippen LogP contribution in [-0.2, 0) is 6.54 Å². The monoisotopic (exact) mass is 305 g/mol. The van der Waals surface area contributed by atoms with Crippen LogP contribution in [0.5, 0.6) is 0 Å². The van der Waals surface area contributed by atoms with Gasteiger partial charge in [-0.25, -0.2) is 0 Å². The minimum atomic E-state index is -0.421. The quantitative estimate of drug-likeness (QED) is 0.657. The molecule has 110 valence electrons. The minimum absolute atomic E-state index is 0.00752. The van der Waals surface area contributed by atoms with E-state index in [2.05, 4.69) is 0 Å². The summed E-state index contributed by atoms with van der Waals surface area (Å²) in [6.45, 7) is 1.49. The van der Waals surface area contributed by atoms with Crippen LogP contribution in [0.4, 0.5) is 11.4 Å². The third-order valence-electron chi connectivity index (χ3n) is 3.09. The topological polar surface area (TPSA) is 72.4 Å². The molecule has 0 aliphatic carbocycles. The van der Waals surface area contributed by atoms with Crippen molar-refractivity contribution in [3.8, 4) is 0 Å². The molecule has 0 aliphatic rings. The first-order chi connectivity index (χ1) is 10.1. The molecule has 0 unspecified atom stereocenters. The van der Waals surface area contributed by atoms with Crippen molar-refractivity contribution in [2.45, 2.75) is 6.54 Å². The molecule has 0 aliphatic heterocycles. The van der Waals surface area contributed by atoms with Gasteiger partial charge in [0.2, 0.25) is 0 Å². The van der Waals surface area contributed by atoms with E-state index in [1.807, 2.05) is 35.2 Å². The van der Waals surface area contributed by atoms with Gasteiger partial charge in [-0.05, 0) is 17.7 Å². The van der Waals surface area contributed by atoms with E-state index in [9.17, 15) is 10.1 Å². The lowest BCUT2D eigenvalue weighted by Crippen LogP contribution is -2.29. The molecule has 0 heterocycles. The first-order valence-corrected chi connectivity index (χ1v) is 6.92. The van der Waals surface area contributed by atoms with Gasteiger partial charge in [0.05, 0.1) is 4.92 Å².